The number of benzene rings is 1. The third-order valence-electron chi connectivity index (χ3n) is 2.94. The summed E-state index contributed by atoms with van der Waals surface area (Å²) < 4.78 is 0. The maximum Gasteiger partial charge on any atom is 0.299 e. The molecule has 1 aliphatic heterocycles. The van der Waals surface area contributed by atoms with Gasteiger partial charge in [0.1, 0.15) is 11.3 Å². The second-order valence-electron chi connectivity index (χ2n) is 4.99. The van der Waals surface area contributed by atoms with Gasteiger partial charge in [0.2, 0.25) is 0 Å². The van der Waals surface area contributed by atoms with E-state index in [4.69, 9.17) is 0 Å². The van der Waals surface area contributed by atoms with Gasteiger partial charge in [0.05, 0.1) is 15.9 Å². The monoisotopic (exact) mass is 294 g/mol. The van der Waals surface area contributed by atoms with Gasteiger partial charge in [-0.05, 0) is 19.9 Å². The maximum atomic E-state index is 12.1. The van der Waals surface area contributed by atoms with Gasteiger partial charge >= 0.3 is 0 Å². The second-order valence-corrected chi connectivity index (χ2v) is 4.99. The molecular formula is C12H14N4O5. The van der Waals surface area contributed by atoms with Gasteiger partial charge < -0.3 is 10.2 Å². The lowest BCUT2D eigenvalue weighted by atomic mass is 10.1. The third-order valence-corrected chi connectivity index (χ3v) is 2.94. The first-order valence-corrected chi connectivity index (χ1v) is 6.34. The Hall–Kier alpha value is -2.71. The zero-order chi connectivity index (χ0) is 15.7. The summed E-state index contributed by atoms with van der Waals surface area (Å²) in [6, 6.07) is 1.88. The zero-order valence-electron chi connectivity index (χ0n) is 11.5. The number of hydrogen-bond acceptors (Lipinski definition) is 6. The average molecular weight is 294 g/mol. The van der Waals surface area contributed by atoms with E-state index in [0.717, 1.165) is 6.07 Å². The molecule has 0 aliphatic carbocycles. The number of nitrogens with zero attached hydrogens (tertiary/aromatic N) is 3. The molecule has 0 unspecified atom stereocenters. The number of amides is 1. The number of nitrogens with one attached hydrogen (secondary N) is 1. The average Bonchev–Trinajstić information content (AvgIpc) is 3.20. The SMILES string of the molecule is CC(C)NC(=O)c1cc(N2CC2)c([N+](=O)[O-])cc1[N+](=O)[O-]. The molecule has 1 N–H and O–H groups in total. The van der Waals surface area contributed by atoms with Crippen LogP contribution in [0.15, 0.2) is 12.1 Å². The summed E-state index contributed by atoms with van der Waals surface area (Å²) in [7, 11) is 0. The quantitative estimate of drug-likeness (QED) is 0.499. The lowest BCUT2D eigenvalue weighted by Gasteiger charge is -2.11. The fourth-order valence-electron chi connectivity index (χ4n) is 1.93. The molecule has 1 fully saturated rings. The van der Waals surface area contributed by atoms with Gasteiger partial charge in [0.15, 0.2) is 0 Å². The highest BCUT2D eigenvalue weighted by Crippen LogP contribution is 2.37. The molecule has 1 aliphatic rings. The molecule has 1 saturated heterocycles. The minimum absolute atomic E-state index is 0.166. The van der Waals surface area contributed by atoms with Crippen molar-refractivity contribution < 1.29 is 14.6 Å². The smallest absolute Gasteiger partial charge is 0.299 e. The van der Waals surface area contributed by atoms with Gasteiger partial charge in [-0.25, -0.2) is 0 Å². The van der Waals surface area contributed by atoms with Gasteiger partial charge in [-0.15, -0.1) is 0 Å². The van der Waals surface area contributed by atoms with Gasteiger partial charge in [-0.3, -0.25) is 25.0 Å². The molecule has 0 atom stereocenters. The van der Waals surface area contributed by atoms with E-state index >= 15 is 0 Å². The lowest BCUT2D eigenvalue weighted by molar-refractivity contribution is -0.393. The molecule has 0 bridgehead atoms. The summed E-state index contributed by atoms with van der Waals surface area (Å²) in [5, 5.41) is 24.7. The molecule has 1 heterocycles. The Kier molecular flexibility index (Phi) is 3.74. The van der Waals surface area contributed by atoms with Crippen LogP contribution in [-0.4, -0.2) is 34.9 Å². The molecule has 112 valence electrons. The molecule has 1 aromatic rings. The van der Waals surface area contributed by atoms with E-state index in [-0.39, 0.29) is 23.0 Å². The molecule has 1 amide bonds. The van der Waals surface area contributed by atoms with Crippen molar-refractivity contribution in [2.45, 2.75) is 19.9 Å². The Balaban J connectivity index is 2.56. The van der Waals surface area contributed by atoms with Crippen molar-refractivity contribution in [2.75, 3.05) is 18.0 Å². The van der Waals surface area contributed by atoms with Crippen molar-refractivity contribution in [3.05, 3.63) is 37.9 Å². The first-order chi connectivity index (χ1) is 9.81. The molecule has 0 saturated carbocycles. The van der Waals surface area contributed by atoms with E-state index in [9.17, 15) is 25.0 Å². The predicted molar refractivity (Wildman–Crippen MR) is 74.6 cm³/mol. The zero-order valence-corrected chi connectivity index (χ0v) is 11.5. The minimum Gasteiger partial charge on any atom is -0.362 e. The van der Waals surface area contributed by atoms with Crippen LogP contribution in [0.2, 0.25) is 0 Å². The number of rotatable bonds is 5. The fourth-order valence-corrected chi connectivity index (χ4v) is 1.93. The lowest BCUT2D eigenvalue weighted by Crippen LogP contribution is -2.30. The Morgan fingerprint density at radius 1 is 1.19 bits per heavy atom. The van der Waals surface area contributed by atoms with Crippen LogP contribution in [0.3, 0.4) is 0 Å². The van der Waals surface area contributed by atoms with Crippen LogP contribution in [-0.2, 0) is 0 Å². The Labute approximate surface area is 119 Å². The van der Waals surface area contributed by atoms with Crippen LogP contribution in [0.1, 0.15) is 24.2 Å². The number of hydrogen-bond donors (Lipinski definition) is 1. The van der Waals surface area contributed by atoms with E-state index in [0.29, 0.717) is 13.1 Å². The highest BCUT2D eigenvalue weighted by Gasteiger charge is 2.33. The summed E-state index contributed by atoms with van der Waals surface area (Å²) in [5.41, 5.74) is -0.855. The van der Waals surface area contributed by atoms with Crippen LogP contribution >= 0.6 is 0 Å². The van der Waals surface area contributed by atoms with Crippen molar-refractivity contribution in [1.29, 1.82) is 0 Å². The van der Waals surface area contributed by atoms with E-state index in [1.807, 2.05) is 0 Å². The Morgan fingerprint density at radius 2 is 1.76 bits per heavy atom. The van der Waals surface area contributed by atoms with Crippen molar-refractivity contribution in [3.8, 4) is 0 Å². The first kappa shape index (κ1) is 14.7. The molecule has 0 radical (unpaired) electrons. The summed E-state index contributed by atoms with van der Waals surface area (Å²) in [4.78, 5) is 34.4. The minimum atomic E-state index is -0.783. The van der Waals surface area contributed by atoms with Crippen molar-refractivity contribution in [1.82, 2.24) is 5.32 Å². The van der Waals surface area contributed by atoms with Crippen molar-refractivity contribution in [3.63, 3.8) is 0 Å². The molecule has 9 nitrogen and oxygen atoms in total. The Bertz CT molecular complexity index is 624. The van der Waals surface area contributed by atoms with Crippen molar-refractivity contribution in [2.24, 2.45) is 0 Å². The number of carbonyl (C=O) groups excluding carboxylic acids is 1. The predicted octanol–water partition coefficient (Wildman–Crippen LogP) is 1.46. The summed E-state index contributed by atoms with van der Waals surface area (Å²) in [6.45, 7) is 4.70. The molecule has 9 heteroatoms. The molecule has 1 aromatic carbocycles. The Morgan fingerprint density at radius 3 is 2.19 bits per heavy atom. The number of nitro benzene ring substituents is 2. The second kappa shape index (κ2) is 5.35. The fraction of sp³-hybridized carbons (Fsp3) is 0.417. The van der Waals surface area contributed by atoms with E-state index in [1.54, 1.807) is 18.7 Å². The van der Waals surface area contributed by atoms with E-state index in [2.05, 4.69) is 5.32 Å². The van der Waals surface area contributed by atoms with Crippen LogP contribution in [0.4, 0.5) is 17.1 Å². The van der Waals surface area contributed by atoms with Crippen LogP contribution in [0.25, 0.3) is 0 Å². The highest BCUT2D eigenvalue weighted by molar-refractivity contribution is 6.00. The third kappa shape index (κ3) is 3.07. The summed E-state index contributed by atoms with van der Waals surface area (Å²) in [5.74, 6) is -0.616. The summed E-state index contributed by atoms with van der Waals surface area (Å²) in [6.07, 6.45) is 0. The van der Waals surface area contributed by atoms with Crippen LogP contribution in [0.5, 0.6) is 0 Å². The molecule has 0 spiro atoms. The van der Waals surface area contributed by atoms with Gasteiger partial charge in [-0.1, -0.05) is 0 Å². The van der Waals surface area contributed by atoms with E-state index in [1.165, 1.54) is 6.07 Å². The van der Waals surface area contributed by atoms with E-state index < -0.39 is 21.4 Å². The number of nitro groups is 2. The first-order valence-electron chi connectivity index (χ1n) is 6.34. The highest BCUT2D eigenvalue weighted by atomic mass is 16.6. The molecule has 21 heavy (non-hydrogen) atoms. The standard InChI is InChI=1S/C12H14N4O5/c1-7(2)13-12(17)8-5-10(14-3-4-14)11(16(20)21)6-9(8)15(18)19/h5-7H,3-4H2,1-2H3,(H,13,17). The molecule has 0 aromatic heterocycles. The molecule has 2 rings (SSSR count). The number of anilines is 1. The number of carbonyl (C=O) groups is 1. The van der Waals surface area contributed by atoms with Gasteiger partial charge in [-0.2, -0.15) is 0 Å². The summed E-state index contributed by atoms with van der Waals surface area (Å²) >= 11 is 0. The topological polar surface area (TPSA) is 118 Å². The normalized spacial score (nSPS) is 13.2. The van der Waals surface area contributed by atoms with Crippen molar-refractivity contribution >= 4 is 23.0 Å². The largest absolute Gasteiger partial charge is 0.362 e. The van der Waals surface area contributed by atoms with Crippen LogP contribution < -0.4 is 10.2 Å². The molecular weight excluding hydrogens is 280 g/mol. The van der Waals surface area contributed by atoms with Gasteiger partial charge in [0, 0.05) is 19.1 Å². The van der Waals surface area contributed by atoms with Gasteiger partial charge in [0.25, 0.3) is 17.3 Å². The van der Waals surface area contributed by atoms with Crippen LogP contribution in [0, 0.1) is 20.2 Å². The maximum absolute atomic E-state index is 12.1.